The normalized spacial score (nSPS) is 12.2. The Kier molecular flexibility index (Phi) is 4.04. The molecule has 0 spiro atoms. The molecule has 1 aromatic carbocycles. The summed E-state index contributed by atoms with van der Waals surface area (Å²) in [6.45, 7) is 8.70. The van der Waals surface area contributed by atoms with Crippen LogP contribution in [0.5, 0.6) is 0 Å². The fourth-order valence-corrected chi connectivity index (χ4v) is 2.24. The molecule has 1 heterocycles. The van der Waals surface area contributed by atoms with E-state index in [1.54, 1.807) is 0 Å². The van der Waals surface area contributed by atoms with Crippen LogP contribution >= 0.6 is 0 Å². The van der Waals surface area contributed by atoms with Gasteiger partial charge in [-0.3, -0.25) is 0 Å². The second-order valence-electron chi connectivity index (χ2n) is 5.16. The van der Waals surface area contributed by atoms with E-state index < -0.39 is 0 Å². The molecule has 0 radical (unpaired) electrons. The van der Waals surface area contributed by atoms with Crippen LogP contribution in [0.25, 0.3) is 10.9 Å². The van der Waals surface area contributed by atoms with Crippen molar-refractivity contribution in [1.29, 1.82) is 0 Å². The molecule has 3 nitrogen and oxygen atoms in total. The minimum atomic E-state index is -0.113. The Morgan fingerprint density at radius 1 is 1.28 bits per heavy atom. The number of H-pyrrole nitrogens is 1. The summed E-state index contributed by atoms with van der Waals surface area (Å²) in [6, 6.07) is 8.48. The molecule has 2 aromatic rings. The molecular formula is C15H22N2O. The molecule has 2 N–H and O–H groups in total. The monoisotopic (exact) mass is 246 g/mol. The number of aromatic nitrogens is 1. The summed E-state index contributed by atoms with van der Waals surface area (Å²) < 4.78 is 5.67. The minimum absolute atomic E-state index is 0.113. The van der Waals surface area contributed by atoms with Crippen molar-refractivity contribution < 1.29 is 4.74 Å². The van der Waals surface area contributed by atoms with Gasteiger partial charge >= 0.3 is 0 Å². The molecular weight excluding hydrogens is 224 g/mol. The number of nitrogens with one attached hydrogen (secondary N) is 2. The van der Waals surface area contributed by atoms with Crippen molar-refractivity contribution >= 4 is 10.9 Å². The first kappa shape index (κ1) is 13.1. The van der Waals surface area contributed by atoms with E-state index in [4.69, 9.17) is 4.74 Å². The average Bonchev–Trinajstić information content (AvgIpc) is 2.77. The number of ether oxygens (including phenoxy) is 1. The van der Waals surface area contributed by atoms with E-state index in [2.05, 4.69) is 48.4 Å². The molecule has 0 atom stereocenters. The largest absolute Gasteiger partial charge is 0.375 e. The van der Waals surface area contributed by atoms with E-state index in [-0.39, 0.29) is 5.60 Å². The van der Waals surface area contributed by atoms with Crippen LogP contribution in [0.1, 0.15) is 26.3 Å². The van der Waals surface area contributed by atoms with Gasteiger partial charge in [-0.05, 0) is 37.8 Å². The van der Waals surface area contributed by atoms with E-state index in [0.29, 0.717) is 0 Å². The lowest BCUT2D eigenvalue weighted by Gasteiger charge is -2.25. The Labute approximate surface area is 109 Å². The van der Waals surface area contributed by atoms with E-state index in [1.165, 1.54) is 16.5 Å². The summed E-state index contributed by atoms with van der Waals surface area (Å²) >= 11 is 0. The smallest absolute Gasteiger partial charge is 0.0750 e. The highest BCUT2D eigenvalue weighted by Crippen LogP contribution is 2.17. The topological polar surface area (TPSA) is 37.0 Å². The Bertz CT molecular complexity index is 502. The van der Waals surface area contributed by atoms with Crippen molar-refractivity contribution in [3.05, 3.63) is 36.0 Å². The predicted octanol–water partition coefficient (Wildman–Crippen LogP) is 3.07. The maximum Gasteiger partial charge on any atom is 0.0750 e. The Morgan fingerprint density at radius 2 is 2.11 bits per heavy atom. The van der Waals surface area contributed by atoms with Gasteiger partial charge in [0.05, 0.1) is 5.60 Å². The first-order chi connectivity index (χ1) is 8.62. The summed E-state index contributed by atoms with van der Waals surface area (Å²) in [5, 5.41) is 4.73. The third-order valence-electron chi connectivity index (χ3n) is 3.07. The zero-order valence-electron chi connectivity index (χ0n) is 11.4. The van der Waals surface area contributed by atoms with Gasteiger partial charge in [-0.25, -0.2) is 0 Å². The molecule has 0 amide bonds. The van der Waals surface area contributed by atoms with Gasteiger partial charge in [-0.15, -0.1) is 0 Å². The number of hydrogen-bond donors (Lipinski definition) is 2. The zero-order chi connectivity index (χ0) is 13.0. The fourth-order valence-electron chi connectivity index (χ4n) is 2.24. The lowest BCUT2D eigenvalue weighted by Crippen LogP contribution is -2.37. The van der Waals surface area contributed by atoms with Gasteiger partial charge in [0, 0.05) is 31.4 Å². The SMILES string of the molecule is CCOC(C)(C)CNCc1cccc2cc[nH]c12. The number of rotatable bonds is 6. The molecule has 2 rings (SSSR count). The summed E-state index contributed by atoms with van der Waals surface area (Å²) in [5.41, 5.74) is 2.40. The predicted molar refractivity (Wildman–Crippen MR) is 75.7 cm³/mol. The van der Waals surface area contributed by atoms with Gasteiger partial charge in [-0.2, -0.15) is 0 Å². The average molecular weight is 246 g/mol. The van der Waals surface area contributed by atoms with Gasteiger partial charge in [0.1, 0.15) is 0 Å². The van der Waals surface area contributed by atoms with E-state index in [1.807, 2.05) is 13.1 Å². The van der Waals surface area contributed by atoms with Crippen molar-refractivity contribution in [3.63, 3.8) is 0 Å². The number of hydrogen-bond acceptors (Lipinski definition) is 2. The Balaban J connectivity index is 1.96. The molecule has 1 aromatic heterocycles. The maximum absolute atomic E-state index is 5.67. The van der Waals surface area contributed by atoms with E-state index in [0.717, 1.165) is 19.7 Å². The molecule has 0 fully saturated rings. The summed E-state index contributed by atoms with van der Waals surface area (Å²) in [5.74, 6) is 0. The van der Waals surface area contributed by atoms with Gasteiger partial charge in [0.15, 0.2) is 0 Å². The fraction of sp³-hybridized carbons (Fsp3) is 0.467. The highest BCUT2D eigenvalue weighted by Gasteiger charge is 2.16. The number of aromatic amines is 1. The molecule has 0 aliphatic carbocycles. The summed E-state index contributed by atoms with van der Waals surface area (Å²) in [4.78, 5) is 3.29. The standard InChI is InChI=1S/C15H22N2O/c1-4-18-15(2,3)11-16-10-13-7-5-6-12-8-9-17-14(12)13/h5-9,16-17H,4,10-11H2,1-3H3. The second-order valence-corrected chi connectivity index (χ2v) is 5.16. The van der Waals surface area contributed by atoms with Gasteiger partial charge in [0.25, 0.3) is 0 Å². The van der Waals surface area contributed by atoms with Crippen LogP contribution in [0.15, 0.2) is 30.5 Å². The van der Waals surface area contributed by atoms with Gasteiger partial charge in [0.2, 0.25) is 0 Å². The second kappa shape index (κ2) is 5.55. The molecule has 98 valence electrons. The van der Waals surface area contributed by atoms with Gasteiger partial charge in [-0.1, -0.05) is 18.2 Å². The first-order valence-electron chi connectivity index (χ1n) is 6.52. The van der Waals surface area contributed by atoms with E-state index in [9.17, 15) is 0 Å². The van der Waals surface area contributed by atoms with Crippen LogP contribution in [0.4, 0.5) is 0 Å². The maximum atomic E-state index is 5.67. The lowest BCUT2D eigenvalue weighted by atomic mass is 10.1. The molecule has 18 heavy (non-hydrogen) atoms. The number of benzene rings is 1. The van der Waals surface area contributed by atoms with Crippen molar-refractivity contribution in [2.45, 2.75) is 32.9 Å². The van der Waals surface area contributed by atoms with Crippen molar-refractivity contribution in [1.82, 2.24) is 10.3 Å². The van der Waals surface area contributed by atoms with Crippen molar-refractivity contribution in [3.8, 4) is 0 Å². The van der Waals surface area contributed by atoms with Crippen LogP contribution in [0.2, 0.25) is 0 Å². The molecule has 0 saturated carbocycles. The van der Waals surface area contributed by atoms with Crippen LogP contribution < -0.4 is 5.32 Å². The lowest BCUT2D eigenvalue weighted by molar-refractivity contribution is -0.00896. The zero-order valence-corrected chi connectivity index (χ0v) is 11.4. The summed E-state index contributed by atoms with van der Waals surface area (Å²) in [6.07, 6.45) is 1.98. The molecule has 3 heteroatoms. The quantitative estimate of drug-likeness (QED) is 0.822. The van der Waals surface area contributed by atoms with Crippen LogP contribution in [0, 0.1) is 0 Å². The highest BCUT2D eigenvalue weighted by molar-refractivity contribution is 5.82. The van der Waals surface area contributed by atoms with Crippen molar-refractivity contribution in [2.24, 2.45) is 0 Å². The third-order valence-corrected chi connectivity index (χ3v) is 3.07. The molecule has 0 unspecified atom stereocenters. The van der Waals surface area contributed by atoms with Crippen LogP contribution in [0.3, 0.4) is 0 Å². The number of fused-ring (bicyclic) bond motifs is 1. The van der Waals surface area contributed by atoms with E-state index >= 15 is 0 Å². The first-order valence-corrected chi connectivity index (χ1v) is 6.52. The Morgan fingerprint density at radius 3 is 2.89 bits per heavy atom. The van der Waals surface area contributed by atoms with Gasteiger partial charge < -0.3 is 15.0 Å². The molecule has 0 saturated heterocycles. The summed E-state index contributed by atoms with van der Waals surface area (Å²) in [7, 11) is 0. The van der Waals surface area contributed by atoms with Crippen LogP contribution in [-0.4, -0.2) is 23.7 Å². The third kappa shape index (κ3) is 3.12. The minimum Gasteiger partial charge on any atom is -0.375 e. The molecule has 0 aliphatic rings. The Hall–Kier alpha value is -1.32. The highest BCUT2D eigenvalue weighted by atomic mass is 16.5. The molecule has 0 aliphatic heterocycles. The number of para-hydroxylation sites is 1. The molecule has 0 bridgehead atoms. The van der Waals surface area contributed by atoms with Crippen molar-refractivity contribution in [2.75, 3.05) is 13.2 Å². The van der Waals surface area contributed by atoms with Crippen LogP contribution in [-0.2, 0) is 11.3 Å².